The summed E-state index contributed by atoms with van der Waals surface area (Å²) in [5, 5.41) is 9.11. The van der Waals surface area contributed by atoms with Crippen LogP contribution in [0.4, 0.5) is 0 Å². The number of hydrogen-bond donors (Lipinski definition) is 1. The van der Waals surface area contributed by atoms with Crippen molar-refractivity contribution in [2.24, 2.45) is 23.7 Å². The minimum atomic E-state index is -0.0962. The average molecular weight is 184 g/mol. The van der Waals surface area contributed by atoms with Crippen LogP contribution in [0.1, 0.15) is 33.6 Å². The lowest BCUT2D eigenvalue weighted by molar-refractivity contribution is -0.134. The molecule has 1 aliphatic rings. The molecule has 0 saturated heterocycles. The molecule has 0 aromatic rings. The Kier molecular flexibility index (Phi) is 3.48. The molecular formula is C11H20O2. The van der Waals surface area contributed by atoms with Crippen LogP contribution in [0.15, 0.2) is 0 Å². The molecule has 13 heavy (non-hydrogen) atoms. The van der Waals surface area contributed by atoms with Crippen LogP contribution in [-0.2, 0) is 4.79 Å². The zero-order chi connectivity index (χ0) is 10.0. The maximum atomic E-state index is 11.8. The monoisotopic (exact) mass is 184 g/mol. The second-order valence-corrected chi connectivity index (χ2v) is 4.60. The lowest BCUT2D eigenvalue weighted by atomic mass is 9.70. The summed E-state index contributed by atoms with van der Waals surface area (Å²) < 4.78 is 0. The van der Waals surface area contributed by atoms with E-state index in [9.17, 15) is 4.79 Å². The summed E-state index contributed by atoms with van der Waals surface area (Å²) >= 11 is 0. The van der Waals surface area contributed by atoms with Crippen molar-refractivity contribution in [3.05, 3.63) is 0 Å². The molecule has 3 unspecified atom stereocenters. The molecule has 2 nitrogen and oxygen atoms in total. The van der Waals surface area contributed by atoms with E-state index in [1.165, 1.54) is 0 Å². The van der Waals surface area contributed by atoms with E-state index in [1.54, 1.807) is 0 Å². The molecule has 1 N–H and O–H groups in total. The smallest absolute Gasteiger partial charge is 0.141 e. The first-order valence-corrected chi connectivity index (χ1v) is 5.22. The zero-order valence-electron chi connectivity index (χ0n) is 8.79. The minimum Gasteiger partial charge on any atom is -0.396 e. The quantitative estimate of drug-likeness (QED) is 0.711. The Morgan fingerprint density at radius 1 is 1.46 bits per heavy atom. The third-order valence-electron chi connectivity index (χ3n) is 3.35. The Balaban J connectivity index is 2.69. The molecule has 1 aliphatic carbocycles. The Morgan fingerprint density at radius 2 is 2.08 bits per heavy atom. The fraction of sp³-hybridized carbons (Fsp3) is 0.909. The van der Waals surface area contributed by atoms with Crippen LogP contribution in [0.3, 0.4) is 0 Å². The summed E-state index contributed by atoms with van der Waals surface area (Å²) in [5.41, 5.74) is 0. The van der Waals surface area contributed by atoms with Crippen LogP contribution in [0.2, 0.25) is 0 Å². The van der Waals surface area contributed by atoms with Gasteiger partial charge in [-0.15, -0.1) is 0 Å². The van der Waals surface area contributed by atoms with Crippen LogP contribution in [0.25, 0.3) is 0 Å². The molecule has 0 aliphatic heterocycles. The fourth-order valence-corrected chi connectivity index (χ4v) is 2.27. The van der Waals surface area contributed by atoms with Crippen LogP contribution < -0.4 is 0 Å². The summed E-state index contributed by atoms with van der Waals surface area (Å²) in [6.45, 7) is 6.28. The summed E-state index contributed by atoms with van der Waals surface area (Å²) in [5.74, 6) is 1.17. The minimum absolute atomic E-state index is 0.0310. The van der Waals surface area contributed by atoms with Crippen LogP contribution in [0, 0.1) is 23.7 Å². The summed E-state index contributed by atoms with van der Waals surface area (Å²) in [4.78, 5) is 11.8. The van der Waals surface area contributed by atoms with E-state index >= 15 is 0 Å². The fourth-order valence-electron chi connectivity index (χ4n) is 2.27. The Bertz CT molecular complexity index is 183. The van der Waals surface area contributed by atoms with Gasteiger partial charge in [-0.3, -0.25) is 4.79 Å². The SMILES string of the molecule is CC(C)C1CCC(C)C(CO)C1=O. The van der Waals surface area contributed by atoms with Crippen molar-refractivity contribution in [3.8, 4) is 0 Å². The molecular weight excluding hydrogens is 164 g/mol. The number of aliphatic hydroxyl groups excluding tert-OH is 1. The first-order chi connectivity index (χ1) is 6.07. The van der Waals surface area contributed by atoms with Gasteiger partial charge in [0.1, 0.15) is 5.78 Å². The highest BCUT2D eigenvalue weighted by Gasteiger charge is 2.36. The van der Waals surface area contributed by atoms with Crippen molar-refractivity contribution in [2.45, 2.75) is 33.6 Å². The van der Waals surface area contributed by atoms with E-state index in [0.717, 1.165) is 12.8 Å². The van der Waals surface area contributed by atoms with Gasteiger partial charge in [-0.2, -0.15) is 0 Å². The van der Waals surface area contributed by atoms with Gasteiger partial charge in [0.05, 0.1) is 6.61 Å². The van der Waals surface area contributed by atoms with Gasteiger partial charge in [0.15, 0.2) is 0 Å². The number of aliphatic hydroxyl groups is 1. The number of carbonyl (C=O) groups excluding carboxylic acids is 1. The van der Waals surface area contributed by atoms with E-state index in [0.29, 0.717) is 11.8 Å². The molecule has 0 aromatic carbocycles. The van der Waals surface area contributed by atoms with Crippen LogP contribution in [-0.4, -0.2) is 17.5 Å². The van der Waals surface area contributed by atoms with Crippen molar-refractivity contribution < 1.29 is 9.90 Å². The summed E-state index contributed by atoms with van der Waals surface area (Å²) in [6.07, 6.45) is 2.09. The van der Waals surface area contributed by atoms with Gasteiger partial charge in [-0.25, -0.2) is 0 Å². The third kappa shape index (κ3) is 2.11. The van der Waals surface area contributed by atoms with Crippen LogP contribution in [0.5, 0.6) is 0 Å². The van der Waals surface area contributed by atoms with E-state index in [4.69, 9.17) is 5.11 Å². The normalized spacial score (nSPS) is 35.5. The number of rotatable bonds is 2. The molecule has 1 saturated carbocycles. The van der Waals surface area contributed by atoms with E-state index in [-0.39, 0.29) is 24.2 Å². The molecule has 0 amide bonds. The average Bonchev–Trinajstić information content (AvgIpc) is 2.04. The van der Waals surface area contributed by atoms with Crippen molar-refractivity contribution >= 4 is 5.78 Å². The van der Waals surface area contributed by atoms with E-state index < -0.39 is 0 Å². The van der Waals surface area contributed by atoms with Gasteiger partial charge in [-0.1, -0.05) is 20.8 Å². The maximum Gasteiger partial charge on any atom is 0.141 e. The topological polar surface area (TPSA) is 37.3 Å². The van der Waals surface area contributed by atoms with E-state index in [1.807, 2.05) is 0 Å². The zero-order valence-corrected chi connectivity index (χ0v) is 8.79. The predicted molar refractivity (Wildman–Crippen MR) is 52.3 cm³/mol. The first-order valence-electron chi connectivity index (χ1n) is 5.22. The highest BCUT2D eigenvalue weighted by molar-refractivity contribution is 5.84. The Morgan fingerprint density at radius 3 is 2.54 bits per heavy atom. The van der Waals surface area contributed by atoms with Gasteiger partial charge in [-0.05, 0) is 24.7 Å². The Labute approximate surface area is 80.3 Å². The maximum absolute atomic E-state index is 11.8. The molecule has 0 radical (unpaired) electrons. The number of Topliss-reactive ketones (excluding diaryl/α,β-unsaturated/α-hetero) is 1. The van der Waals surface area contributed by atoms with Crippen molar-refractivity contribution in [1.82, 2.24) is 0 Å². The Hall–Kier alpha value is -0.370. The number of carbonyl (C=O) groups is 1. The number of ketones is 1. The third-order valence-corrected chi connectivity index (χ3v) is 3.35. The highest BCUT2D eigenvalue weighted by Crippen LogP contribution is 2.34. The van der Waals surface area contributed by atoms with Crippen molar-refractivity contribution in [2.75, 3.05) is 6.61 Å². The first kappa shape index (κ1) is 10.7. The van der Waals surface area contributed by atoms with Crippen molar-refractivity contribution in [1.29, 1.82) is 0 Å². The van der Waals surface area contributed by atoms with Gasteiger partial charge >= 0.3 is 0 Å². The van der Waals surface area contributed by atoms with Gasteiger partial charge in [0, 0.05) is 11.8 Å². The second-order valence-electron chi connectivity index (χ2n) is 4.60. The van der Waals surface area contributed by atoms with Crippen LogP contribution >= 0.6 is 0 Å². The second kappa shape index (κ2) is 4.23. The molecule has 76 valence electrons. The van der Waals surface area contributed by atoms with E-state index in [2.05, 4.69) is 20.8 Å². The largest absolute Gasteiger partial charge is 0.396 e. The molecule has 0 aromatic heterocycles. The molecule has 1 fully saturated rings. The van der Waals surface area contributed by atoms with Gasteiger partial charge < -0.3 is 5.11 Å². The molecule has 0 bridgehead atoms. The van der Waals surface area contributed by atoms with Gasteiger partial charge in [0.25, 0.3) is 0 Å². The molecule has 0 heterocycles. The number of hydrogen-bond acceptors (Lipinski definition) is 2. The predicted octanol–water partition coefficient (Wildman–Crippen LogP) is 1.87. The molecule has 1 rings (SSSR count). The lowest BCUT2D eigenvalue weighted by Gasteiger charge is -2.33. The highest BCUT2D eigenvalue weighted by atomic mass is 16.3. The molecule has 3 atom stereocenters. The standard InChI is InChI=1S/C11H20O2/c1-7(2)9-5-4-8(3)10(6-12)11(9)13/h7-10,12H,4-6H2,1-3H3. The molecule has 0 spiro atoms. The van der Waals surface area contributed by atoms with Crippen molar-refractivity contribution in [3.63, 3.8) is 0 Å². The summed E-state index contributed by atoms with van der Waals surface area (Å²) in [6, 6.07) is 0. The van der Waals surface area contributed by atoms with Gasteiger partial charge in [0.2, 0.25) is 0 Å². The lowest BCUT2D eigenvalue weighted by Crippen LogP contribution is -2.38. The molecule has 2 heteroatoms. The summed E-state index contributed by atoms with van der Waals surface area (Å²) in [7, 11) is 0.